The summed E-state index contributed by atoms with van der Waals surface area (Å²) in [6, 6.07) is 13.8. The van der Waals surface area contributed by atoms with Gasteiger partial charge in [0.2, 0.25) is 5.91 Å². The van der Waals surface area contributed by atoms with Crippen molar-refractivity contribution in [2.45, 2.75) is 33.6 Å². The van der Waals surface area contributed by atoms with Crippen molar-refractivity contribution in [3.05, 3.63) is 58.7 Å². The summed E-state index contributed by atoms with van der Waals surface area (Å²) >= 11 is 0. The fourth-order valence-corrected chi connectivity index (χ4v) is 2.69. The third kappa shape index (κ3) is 6.67. The van der Waals surface area contributed by atoms with E-state index in [0.29, 0.717) is 26.2 Å². The first kappa shape index (κ1) is 20.3. The van der Waals surface area contributed by atoms with Crippen LogP contribution in [0.15, 0.2) is 36.4 Å². The minimum atomic E-state index is -0.239. The highest BCUT2D eigenvalue weighted by Crippen LogP contribution is 2.23. The van der Waals surface area contributed by atoms with Crippen molar-refractivity contribution >= 4 is 5.91 Å². The summed E-state index contributed by atoms with van der Waals surface area (Å²) in [5.41, 5.74) is 4.67. The Morgan fingerprint density at radius 2 is 1.78 bits per heavy atom. The number of hydrogen-bond donors (Lipinski definition) is 1. The molecule has 0 atom stereocenters. The van der Waals surface area contributed by atoms with Gasteiger partial charge in [-0.1, -0.05) is 18.2 Å². The normalized spacial score (nSPS) is 10.1. The highest BCUT2D eigenvalue weighted by molar-refractivity contribution is 5.77. The lowest BCUT2D eigenvalue weighted by atomic mass is 10.1. The molecule has 0 bridgehead atoms. The molecule has 0 saturated heterocycles. The van der Waals surface area contributed by atoms with Crippen LogP contribution in [0.1, 0.15) is 28.7 Å². The van der Waals surface area contributed by atoms with Crippen molar-refractivity contribution < 1.29 is 14.3 Å². The van der Waals surface area contributed by atoms with Gasteiger partial charge < -0.3 is 14.8 Å². The van der Waals surface area contributed by atoms with Gasteiger partial charge in [0, 0.05) is 6.54 Å². The topological polar surface area (TPSA) is 71.3 Å². The second-order valence-electron chi connectivity index (χ2n) is 6.48. The zero-order chi connectivity index (χ0) is 19.6. The van der Waals surface area contributed by atoms with E-state index in [1.165, 1.54) is 11.1 Å². The smallest absolute Gasteiger partial charge is 0.234 e. The van der Waals surface area contributed by atoms with E-state index in [9.17, 15) is 4.79 Å². The summed E-state index contributed by atoms with van der Waals surface area (Å²) in [6.45, 7) is 7.68. The van der Waals surface area contributed by atoms with E-state index in [-0.39, 0.29) is 12.3 Å². The first-order chi connectivity index (χ1) is 13.0. The molecule has 0 unspecified atom stereocenters. The minimum absolute atomic E-state index is 0.101. The van der Waals surface area contributed by atoms with Crippen LogP contribution in [0.3, 0.4) is 0 Å². The third-order valence-electron chi connectivity index (χ3n) is 4.27. The van der Waals surface area contributed by atoms with Crippen LogP contribution in [0.2, 0.25) is 0 Å². The van der Waals surface area contributed by atoms with Crippen LogP contribution < -0.4 is 14.8 Å². The van der Waals surface area contributed by atoms with Crippen LogP contribution in [-0.4, -0.2) is 25.7 Å². The summed E-state index contributed by atoms with van der Waals surface area (Å²) in [5, 5.41) is 11.1. The lowest BCUT2D eigenvalue weighted by Crippen LogP contribution is -2.24. The monoisotopic (exact) mass is 366 g/mol. The number of benzene rings is 2. The SMILES string of the molecule is Cc1cc(C)c(C)c(OCCOc2ccc(CCNC(=O)CC#N)cc2)c1. The van der Waals surface area contributed by atoms with E-state index in [0.717, 1.165) is 22.6 Å². The molecular formula is C22H26N2O3. The second kappa shape index (κ2) is 10.2. The number of ether oxygens (including phenoxy) is 2. The fourth-order valence-electron chi connectivity index (χ4n) is 2.69. The molecule has 142 valence electrons. The van der Waals surface area contributed by atoms with Crippen molar-refractivity contribution in [2.75, 3.05) is 19.8 Å². The number of nitrogens with one attached hydrogen (secondary N) is 1. The molecule has 0 aromatic heterocycles. The summed E-state index contributed by atoms with van der Waals surface area (Å²) in [5.74, 6) is 1.45. The van der Waals surface area contributed by atoms with Crippen LogP contribution >= 0.6 is 0 Å². The molecule has 0 spiro atoms. The van der Waals surface area contributed by atoms with Crippen molar-refractivity contribution in [3.8, 4) is 17.6 Å². The average Bonchev–Trinajstić information content (AvgIpc) is 2.64. The van der Waals surface area contributed by atoms with Crippen molar-refractivity contribution in [1.29, 1.82) is 5.26 Å². The summed E-state index contributed by atoms with van der Waals surface area (Å²) < 4.78 is 11.6. The number of amides is 1. The lowest BCUT2D eigenvalue weighted by Gasteiger charge is -2.13. The zero-order valence-electron chi connectivity index (χ0n) is 16.2. The first-order valence-electron chi connectivity index (χ1n) is 9.05. The number of rotatable bonds is 9. The number of nitriles is 1. The largest absolute Gasteiger partial charge is 0.490 e. The maximum Gasteiger partial charge on any atom is 0.234 e. The predicted octanol–water partition coefficient (Wildman–Crippen LogP) is 3.64. The van der Waals surface area contributed by atoms with Gasteiger partial charge in [0.15, 0.2) is 0 Å². The van der Waals surface area contributed by atoms with Gasteiger partial charge in [-0.15, -0.1) is 0 Å². The minimum Gasteiger partial charge on any atom is -0.490 e. The zero-order valence-corrected chi connectivity index (χ0v) is 16.2. The van der Waals surface area contributed by atoms with E-state index in [1.54, 1.807) is 0 Å². The number of aryl methyl sites for hydroxylation is 2. The lowest BCUT2D eigenvalue weighted by molar-refractivity contribution is -0.120. The van der Waals surface area contributed by atoms with Gasteiger partial charge in [-0.2, -0.15) is 5.26 Å². The molecule has 2 rings (SSSR count). The molecule has 2 aromatic rings. The Hall–Kier alpha value is -3.00. The van der Waals surface area contributed by atoms with E-state index < -0.39 is 0 Å². The molecule has 0 aliphatic heterocycles. The van der Waals surface area contributed by atoms with E-state index in [1.807, 2.05) is 36.4 Å². The average molecular weight is 366 g/mol. The molecule has 1 N–H and O–H groups in total. The standard InChI is InChI=1S/C22H26N2O3/c1-16-14-17(2)18(3)21(15-16)27-13-12-26-20-6-4-19(5-7-20)9-11-24-22(25)8-10-23/h4-7,14-15H,8-9,11-13H2,1-3H3,(H,24,25). The fraction of sp³-hybridized carbons (Fsp3) is 0.364. The van der Waals surface area contributed by atoms with Crippen LogP contribution in [0.25, 0.3) is 0 Å². The van der Waals surface area contributed by atoms with Crippen LogP contribution in [0.5, 0.6) is 11.5 Å². The molecular weight excluding hydrogens is 340 g/mol. The highest BCUT2D eigenvalue weighted by atomic mass is 16.5. The van der Waals surface area contributed by atoms with Crippen LogP contribution in [0.4, 0.5) is 0 Å². The number of carbonyl (C=O) groups is 1. The molecule has 0 aliphatic rings. The Kier molecular flexibility index (Phi) is 7.69. The molecule has 0 aliphatic carbocycles. The van der Waals surface area contributed by atoms with Gasteiger partial charge >= 0.3 is 0 Å². The first-order valence-corrected chi connectivity index (χ1v) is 9.05. The highest BCUT2D eigenvalue weighted by Gasteiger charge is 2.04. The Morgan fingerprint density at radius 1 is 1.07 bits per heavy atom. The van der Waals surface area contributed by atoms with Gasteiger partial charge in [-0.25, -0.2) is 0 Å². The van der Waals surface area contributed by atoms with E-state index >= 15 is 0 Å². The number of hydrogen-bond acceptors (Lipinski definition) is 4. The van der Waals surface area contributed by atoms with E-state index in [2.05, 4.69) is 32.2 Å². The second-order valence-corrected chi connectivity index (χ2v) is 6.48. The molecule has 0 heterocycles. The third-order valence-corrected chi connectivity index (χ3v) is 4.27. The summed E-state index contributed by atoms with van der Waals surface area (Å²) in [6.07, 6.45) is 0.614. The van der Waals surface area contributed by atoms with Crippen LogP contribution in [0, 0.1) is 32.1 Å². The Labute approximate surface area is 160 Å². The van der Waals surface area contributed by atoms with E-state index in [4.69, 9.17) is 14.7 Å². The molecule has 5 heteroatoms. The predicted molar refractivity (Wildman–Crippen MR) is 105 cm³/mol. The van der Waals surface area contributed by atoms with Gasteiger partial charge in [-0.3, -0.25) is 4.79 Å². The molecule has 2 aromatic carbocycles. The van der Waals surface area contributed by atoms with Gasteiger partial charge in [0.05, 0.1) is 6.07 Å². The molecule has 0 saturated carbocycles. The van der Waals surface area contributed by atoms with Crippen LogP contribution in [-0.2, 0) is 11.2 Å². The quantitative estimate of drug-likeness (QED) is 0.688. The Balaban J connectivity index is 1.72. The molecule has 1 amide bonds. The van der Waals surface area contributed by atoms with Gasteiger partial charge in [-0.05, 0) is 67.6 Å². The van der Waals surface area contributed by atoms with Crippen molar-refractivity contribution in [2.24, 2.45) is 0 Å². The van der Waals surface area contributed by atoms with Crippen molar-refractivity contribution in [3.63, 3.8) is 0 Å². The maximum absolute atomic E-state index is 11.2. The van der Waals surface area contributed by atoms with Gasteiger partial charge in [0.25, 0.3) is 0 Å². The van der Waals surface area contributed by atoms with Crippen molar-refractivity contribution in [1.82, 2.24) is 5.32 Å². The maximum atomic E-state index is 11.2. The number of nitrogens with zero attached hydrogens (tertiary/aromatic N) is 1. The molecule has 5 nitrogen and oxygen atoms in total. The Morgan fingerprint density at radius 3 is 2.48 bits per heavy atom. The summed E-state index contributed by atoms with van der Waals surface area (Å²) in [4.78, 5) is 11.2. The Bertz CT molecular complexity index is 808. The molecule has 0 radical (unpaired) electrons. The molecule has 27 heavy (non-hydrogen) atoms. The summed E-state index contributed by atoms with van der Waals surface area (Å²) in [7, 11) is 0. The number of carbonyl (C=O) groups excluding carboxylic acids is 1. The van der Waals surface area contributed by atoms with Gasteiger partial charge in [0.1, 0.15) is 31.1 Å². The molecule has 0 fully saturated rings.